The second kappa shape index (κ2) is 13.3. The third-order valence-electron chi connectivity index (χ3n) is 6.77. The summed E-state index contributed by atoms with van der Waals surface area (Å²) < 4.78 is 11.7. The standard InChI is InChI=1S/C29H37NO6/c1-35-29(36-2,23-12-6-5-7-13-23)24-14-10-11-22(21-24)26(31)18-16-25-17-19-27(32)30(25)20-9-4-3-8-15-28(33)34/h5-7,10-14,16,18,21,25-26,31H,3-4,8-9,15,17,19-20H2,1-2H3,(H,33,34)/t25-,26?/m0/s1. The van der Waals surface area contributed by atoms with E-state index >= 15 is 0 Å². The highest BCUT2D eigenvalue weighted by Crippen LogP contribution is 2.35. The molecular weight excluding hydrogens is 458 g/mol. The van der Waals surface area contributed by atoms with Crippen LogP contribution >= 0.6 is 0 Å². The van der Waals surface area contributed by atoms with E-state index in [2.05, 4.69) is 0 Å². The molecule has 7 nitrogen and oxygen atoms in total. The Morgan fingerprint density at radius 1 is 1.06 bits per heavy atom. The highest BCUT2D eigenvalue weighted by molar-refractivity contribution is 5.79. The molecular formula is C29H37NO6. The summed E-state index contributed by atoms with van der Waals surface area (Å²) in [6.07, 6.45) is 7.48. The number of amides is 1. The molecule has 0 aromatic heterocycles. The number of likely N-dealkylation sites (tertiary alicyclic amines) is 1. The number of carboxylic acids is 1. The van der Waals surface area contributed by atoms with Crippen molar-refractivity contribution in [1.29, 1.82) is 0 Å². The lowest BCUT2D eigenvalue weighted by molar-refractivity contribution is -0.183. The first-order valence-corrected chi connectivity index (χ1v) is 12.5. The fourth-order valence-electron chi connectivity index (χ4n) is 4.81. The van der Waals surface area contributed by atoms with E-state index in [1.54, 1.807) is 20.3 Å². The van der Waals surface area contributed by atoms with Crippen molar-refractivity contribution >= 4 is 11.9 Å². The van der Waals surface area contributed by atoms with Gasteiger partial charge in [-0.25, -0.2) is 0 Å². The minimum Gasteiger partial charge on any atom is -0.481 e. The molecule has 2 atom stereocenters. The fraction of sp³-hybridized carbons (Fsp3) is 0.448. The zero-order chi connectivity index (χ0) is 26.0. The van der Waals surface area contributed by atoms with Gasteiger partial charge < -0.3 is 24.6 Å². The highest BCUT2D eigenvalue weighted by Gasteiger charge is 2.35. The van der Waals surface area contributed by atoms with Crippen LogP contribution in [0.5, 0.6) is 0 Å². The van der Waals surface area contributed by atoms with E-state index in [4.69, 9.17) is 14.6 Å². The Bertz CT molecular complexity index is 1020. The topological polar surface area (TPSA) is 96.3 Å². The molecule has 1 aliphatic heterocycles. The highest BCUT2D eigenvalue weighted by atomic mass is 16.7. The lowest BCUT2D eigenvalue weighted by atomic mass is 9.94. The molecule has 194 valence electrons. The summed E-state index contributed by atoms with van der Waals surface area (Å²) in [4.78, 5) is 24.9. The Hall–Kier alpha value is -3.00. The Morgan fingerprint density at radius 3 is 2.44 bits per heavy atom. The van der Waals surface area contributed by atoms with Gasteiger partial charge in [0.2, 0.25) is 11.7 Å². The molecule has 0 spiro atoms. The molecule has 2 aromatic rings. The summed E-state index contributed by atoms with van der Waals surface area (Å²) >= 11 is 0. The maximum atomic E-state index is 12.4. The Labute approximate surface area is 213 Å². The van der Waals surface area contributed by atoms with Crippen LogP contribution in [-0.4, -0.2) is 53.8 Å². The van der Waals surface area contributed by atoms with E-state index in [0.717, 1.165) is 36.8 Å². The number of methoxy groups -OCH3 is 2. The van der Waals surface area contributed by atoms with E-state index in [0.29, 0.717) is 24.9 Å². The minimum atomic E-state index is -1.10. The van der Waals surface area contributed by atoms with E-state index in [9.17, 15) is 14.7 Å². The maximum absolute atomic E-state index is 12.4. The van der Waals surface area contributed by atoms with Crippen LogP contribution in [0.4, 0.5) is 0 Å². The number of rotatable bonds is 14. The number of aliphatic hydroxyl groups is 1. The zero-order valence-corrected chi connectivity index (χ0v) is 21.1. The van der Waals surface area contributed by atoms with Crippen LogP contribution < -0.4 is 0 Å². The number of hydrogen-bond donors (Lipinski definition) is 2. The van der Waals surface area contributed by atoms with Gasteiger partial charge in [-0.15, -0.1) is 0 Å². The molecule has 0 bridgehead atoms. The van der Waals surface area contributed by atoms with Gasteiger partial charge in [0.05, 0.1) is 12.1 Å². The summed E-state index contributed by atoms with van der Waals surface area (Å²) in [6, 6.07) is 17.1. The third-order valence-corrected chi connectivity index (χ3v) is 6.77. The average molecular weight is 496 g/mol. The molecule has 1 aliphatic rings. The van der Waals surface area contributed by atoms with E-state index in [1.807, 2.05) is 65.6 Å². The molecule has 2 N–H and O–H groups in total. The van der Waals surface area contributed by atoms with Gasteiger partial charge in [0, 0.05) is 44.7 Å². The lowest BCUT2D eigenvalue weighted by Crippen LogP contribution is -2.32. The van der Waals surface area contributed by atoms with Gasteiger partial charge in [0.1, 0.15) is 0 Å². The molecule has 2 aromatic carbocycles. The first-order valence-electron chi connectivity index (χ1n) is 12.5. The molecule has 0 saturated carbocycles. The average Bonchev–Trinajstić information content (AvgIpc) is 3.25. The van der Waals surface area contributed by atoms with Crippen LogP contribution in [0, 0.1) is 0 Å². The smallest absolute Gasteiger partial charge is 0.303 e. The fourth-order valence-corrected chi connectivity index (χ4v) is 4.81. The number of aliphatic hydroxyl groups excluding tert-OH is 1. The van der Waals surface area contributed by atoms with Gasteiger partial charge in [0.15, 0.2) is 0 Å². The van der Waals surface area contributed by atoms with Crippen molar-refractivity contribution in [3.05, 3.63) is 83.4 Å². The maximum Gasteiger partial charge on any atom is 0.303 e. The molecule has 1 fully saturated rings. The molecule has 7 heteroatoms. The van der Waals surface area contributed by atoms with E-state index in [1.165, 1.54) is 0 Å². The molecule has 3 rings (SSSR count). The van der Waals surface area contributed by atoms with E-state index in [-0.39, 0.29) is 18.4 Å². The number of carboxylic acid groups (broad SMARTS) is 1. The van der Waals surface area contributed by atoms with Gasteiger partial charge in [0.25, 0.3) is 0 Å². The second-order valence-corrected chi connectivity index (χ2v) is 9.10. The Kier molecular flexibility index (Phi) is 10.2. The number of nitrogens with zero attached hydrogens (tertiary/aromatic N) is 1. The third kappa shape index (κ3) is 6.81. The van der Waals surface area contributed by atoms with Gasteiger partial charge >= 0.3 is 5.97 Å². The normalized spacial score (nSPS) is 17.1. The van der Waals surface area contributed by atoms with Crippen molar-refractivity contribution in [2.75, 3.05) is 20.8 Å². The zero-order valence-electron chi connectivity index (χ0n) is 21.1. The second-order valence-electron chi connectivity index (χ2n) is 9.10. The van der Waals surface area contributed by atoms with Crippen LogP contribution in [-0.2, 0) is 24.8 Å². The molecule has 0 aliphatic carbocycles. The molecule has 1 unspecified atom stereocenters. The van der Waals surface area contributed by atoms with Crippen LogP contribution in [0.3, 0.4) is 0 Å². The van der Waals surface area contributed by atoms with Gasteiger partial charge in [-0.3, -0.25) is 9.59 Å². The summed E-state index contributed by atoms with van der Waals surface area (Å²) in [6.45, 7) is 0.647. The van der Waals surface area contributed by atoms with Gasteiger partial charge in [-0.05, 0) is 30.9 Å². The van der Waals surface area contributed by atoms with Crippen molar-refractivity contribution in [2.45, 2.75) is 62.9 Å². The number of ether oxygens (including phenoxy) is 2. The Balaban J connectivity index is 1.66. The van der Waals surface area contributed by atoms with Crippen molar-refractivity contribution in [2.24, 2.45) is 0 Å². The molecule has 1 amide bonds. The number of unbranched alkanes of at least 4 members (excludes halogenated alkanes) is 3. The summed E-state index contributed by atoms with van der Waals surface area (Å²) in [5, 5.41) is 19.7. The molecule has 1 heterocycles. The first-order chi connectivity index (χ1) is 17.4. The van der Waals surface area contributed by atoms with Crippen molar-refractivity contribution in [1.82, 2.24) is 4.90 Å². The Morgan fingerprint density at radius 2 is 1.75 bits per heavy atom. The van der Waals surface area contributed by atoms with Gasteiger partial charge in [-0.1, -0.05) is 73.5 Å². The SMILES string of the molecule is COC(OC)(c1ccccc1)c1cccc(C(O)C=C[C@H]2CCC(=O)N2CCCCCCC(=O)O)c1. The number of aliphatic carboxylic acids is 1. The van der Waals surface area contributed by atoms with E-state index < -0.39 is 17.9 Å². The first kappa shape index (κ1) is 27.6. The molecule has 0 radical (unpaired) electrons. The number of carbonyl (C=O) groups excluding carboxylic acids is 1. The van der Waals surface area contributed by atoms with Crippen LogP contribution in [0.1, 0.15) is 67.7 Å². The minimum absolute atomic E-state index is 0.0456. The molecule has 36 heavy (non-hydrogen) atoms. The largest absolute Gasteiger partial charge is 0.481 e. The number of hydrogen-bond acceptors (Lipinski definition) is 5. The van der Waals surface area contributed by atoms with Crippen molar-refractivity contribution < 1.29 is 29.3 Å². The predicted molar refractivity (Wildman–Crippen MR) is 137 cm³/mol. The number of benzene rings is 2. The summed E-state index contributed by atoms with van der Waals surface area (Å²) in [7, 11) is 3.19. The van der Waals surface area contributed by atoms with Crippen LogP contribution in [0.2, 0.25) is 0 Å². The lowest BCUT2D eigenvalue weighted by Gasteiger charge is -2.32. The van der Waals surface area contributed by atoms with Crippen LogP contribution in [0.15, 0.2) is 66.7 Å². The van der Waals surface area contributed by atoms with Crippen LogP contribution in [0.25, 0.3) is 0 Å². The number of carbonyl (C=O) groups is 2. The molecule has 1 saturated heterocycles. The quantitative estimate of drug-likeness (QED) is 0.222. The summed E-state index contributed by atoms with van der Waals surface area (Å²) in [5.74, 6) is -1.74. The predicted octanol–water partition coefficient (Wildman–Crippen LogP) is 4.80. The van der Waals surface area contributed by atoms with Gasteiger partial charge in [-0.2, -0.15) is 0 Å². The summed E-state index contributed by atoms with van der Waals surface area (Å²) in [5.41, 5.74) is 2.32. The van der Waals surface area contributed by atoms with Crippen molar-refractivity contribution in [3.8, 4) is 0 Å². The van der Waals surface area contributed by atoms with Crippen molar-refractivity contribution in [3.63, 3.8) is 0 Å². The monoisotopic (exact) mass is 495 g/mol.